The molecule has 0 unspecified atom stereocenters. The Morgan fingerprint density at radius 2 is 1.72 bits per heavy atom. The number of rotatable bonds is 5. The van der Waals surface area contributed by atoms with Crippen molar-refractivity contribution in [3.05, 3.63) is 89.7 Å². The molecule has 0 saturated carbocycles. The van der Waals surface area contributed by atoms with Gasteiger partial charge in [-0.15, -0.1) is 0 Å². The van der Waals surface area contributed by atoms with Crippen molar-refractivity contribution in [3.8, 4) is 5.75 Å². The summed E-state index contributed by atoms with van der Waals surface area (Å²) in [5.41, 5.74) is 2.50. The second kappa shape index (κ2) is 7.63. The van der Waals surface area contributed by atoms with Crippen LogP contribution in [-0.2, 0) is 4.79 Å². The molecule has 1 amide bonds. The lowest BCUT2D eigenvalue weighted by Gasteiger charge is -2.38. The zero-order valence-corrected chi connectivity index (χ0v) is 15.2. The quantitative estimate of drug-likeness (QED) is 0.723. The van der Waals surface area contributed by atoms with Gasteiger partial charge < -0.3 is 20.0 Å². The fraction of sp³-hybridized carbons (Fsp3) is 0.0909. The van der Waals surface area contributed by atoms with Crippen molar-refractivity contribution in [2.45, 2.75) is 6.17 Å². The maximum atomic E-state index is 13.4. The lowest BCUT2D eigenvalue weighted by atomic mass is 10.0. The van der Waals surface area contributed by atoms with Crippen LogP contribution < -0.4 is 20.1 Å². The van der Waals surface area contributed by atoms with E-state index in [1.165, 1.54) is 12.1 Å². The van der Waals surface area contributed by atoms with E-state index in [1.54, 1.807) is 53.4 Å². The molecule has 3 aromatic rings. The van der Waals surface area contributed by atoms with Crippen LogP contribution in [0.2, 0.25) is 0 Å². The summed E-state index contributed by atoms with van der Waals surface area (Å²) in [5.74, 6) is -1.55. The number of ether oxygens (including phenoxy) is 1. The molecule has 1 heterocycles. The van der Waals surface area contributed by atoms with Crippen LogP contribution in [0.4, 0.5) is 15.8 Å². The molecule has 0 bridgehead atoms. The van der Waals surface area contributed by atoms with E-state index in [0.29, 0.717) is 22.7 Å². The number of anilines is 2. The SMILES string of the molecule is O=C([O-])COc1ccc([C@H]2Nc3ccccc3C(=O)N2c2ccc(F)cc2)cc1. The lowest BCUT2D eigenvalue weighted by molar-refractivity contribution is -0.307. The zero-order chi connectivity index (χ0) is 20.4. The minimum atomic E-state index is -1.31. The molecule has 0 saturated heterocycles. The molecular weight excluding hydrogens is 375 g/mol. The topological polar surface area (TPSA) is 81.7 Å². The summed E-state index contributed by atoms with van der Waals surface area (Å²) in [7, 11) is 0. The Bertz CT molecular complexity index is 1050. The molecule has 0 aliphatic carbocycles. The molecule has 1 atom stereocenters. The van der Waals surface area contributed by atoms with Crippen molar-refractivity contribution >= 4 is 23.3 Å². The van der Waals surface area contributed by atoms with Gasteiger partial charge >= 0.3 is 0 Å². The number of carbonyl (C=O) groups excluding carboxylic acids is 2. The van der Waals surface area contributed by atoms with E-state index in [1.807, 2.05) is 12.1 Å². The minimum Gasteiger partial charge on any atom is -0.546 e. The van der Waals surface area contributed by atoms with Crippen LogP contribution >= 0.6 is 0 Å². The average Bonchev–Trinajstić information content (AvgIpc) is 2.73. The molecule has 6 nitrogen and oxygen atoms in total. The zero-order valence-electron chi connectivity index (χ0n) is 15.2. The molecule has 29 heavy (non-hydrogen) atoms. The van der Waals surface area contributed by atoms with Crippen molar-refractivity contribution < 1.29 is 23.8 Å². The molecule has 146 valence electrons. The van der Waals surface area contributed by atoms with Gasteiger partial charge in [0.05, 0.1) is 11.5 Å². The first-order valence-corrected chi connectivity index (χ1v) is 8.90. The van der Waals surface area contributed by atoms with Crippen molar-refractivity contribution in [1.29, 1.82) is 0 Å². The number of carbonyl (C=O) groups is 2. The Balaban J connectivity index is 1.71. The largest absolute Gasteiger partial charge is 0.546 e. The second-order valence-electron chi connectivity index (χ2n) is 6.47. The van der Waals surface area contributed by atoms with Crippen molar-refractivity contribution in [1.82, 2.24) is 0 Å². The number of benzene rings is 3. The highest BCUT2D eigenvalue weighted by molar-refractivity contribution is 6.12. The van der Waals surface area contributed by atoms with Gasteiger partial charge in [0.1, 0.15) is 24.3 Å². The van der Waals surface area contributed by atoms with Gasteiger partial charge in [0.15, 0.2) is 0 Å². The third-order valence-corrected chi connectivity index (χ3v) is 4.58. The predicted molar refractivity (Wildman–Crippen MR) is 103 cm³/mol. The summed E-state index contributed by atoms with van der Waals surface area (Å²) < 4.78 is 18.5. The van der Waals surface area contributed by atoms with Crippen molar-refractivity contribution in [2.75, 3.05) is 16.8 Å². The standard InChI is InChI=1S/C22H17FN2O4/c23-15-7-9-16(10-8-15)25-21(24-19-4-2-1-3-18(19)22(25)28)14-5-11-17(12-6-14)29-13-20(26)27/h1-12,21,24H,13H2,(H,26,27)/p-1/t21-/m0/s1. The molecule has 1 N–H and O–H groups in total. The van der Waals surface area contributed by atoms with Gasteiger partial charge in [-0.2, -0.15) is 0 Å². The molecule has 0 radical (unpaired) electrons. The van der Waals surface area contributed by atoms with Crippen LogP contribution in [0.1, 0.15) is 22.1 Å². The van der Waals surface area contributed by atoms with Gasteiger partial charge in [-0.05, 0) is 54.1 Å². The normalized spacial score (nSPS) is 15.4. The summed E-state index contributed by atoms with van der Waals surface area (Å²) in [4.78, 5) is 25.3. The predicted octanol–water partition coefficient (Wildman–Crippen LogP) is 2.73. The minimum absolute atomic E-state index is 0.215. The monoisotopic (exact) mass is 391 g/mol. The average molecular weight is 391 g/mol. The molecule has 1 aliphatic heterocycles. The number of amides is 1. The maximum Gasteiger partial charge on any atom is 0.262 e. The van der Waals surface area contributed by atoms with Gasteiger partial charge in [-0.25, -0.2) is 4.39 Å². The van der Waals surface area contributed by atoms with Gasteiger partial charge in [0.2, 0.25) is 0 Å². The van der Waals surface area contributed by atoms with Crippen LogP contribution in [0.15, 0.2) is 72.8 Å². The Morgan fingerprint density at radius 3 is 2.41 bits per heavy atom. The van der Waals surface area contributed by atoms with Crippen LogP contribution in [0.3, 0.4) is 0 Å². The number of hydrogen-bond acceptors (Lipinski definition) is 5. The molecule has 0 aromatic heterocycles. The van der Waals surface area contributed by atoms with Crippen LogP contribution in [-0.4, -0.2) is 18.5 Å². The lowest BCUT2D eigenvalue weighted by Crippen LogP contribution is -2.43. The number of nitrogens with one attached hydrogen (secondary N) is 1. The van der Waals surface area contributed by atoms with Gasteiger partial charge in [-0.1, -0.05) is 24.3 Å². The number of halogens is 1. The molecule has 4 rings (SSSR count). The van der Waals surface area contributed by atoms with E-state index in [4.69, 9.17) is 4.74 Å². The van der Waals surface area contributed by atoms with E-state index in [0.717, 1.165) is 5.56 Å². The first kappa shape index (κ1) is 18.5. The van der Waals surface area contributed by atoms with Crippen molar-refractivity contribution in [2.24, 2.45) is 0 Å². The number of aliphatic carboxylic acids is 1. The summed E-state index contributed by atoms with van der Waals surface area (Å²) in [6.07, 6.45) is -0.543. The van der Waals surface area contributed by atoms with E-state index in [-0.39, 0.29) is 5.91 Å². The number of fused-ring (bicyclic) bond motifs is 1. The first-order valence-electron chi connectivity index (χ1n) is 8.90. The number of hydrogen-bond donors (Lipinski definition) is 1. The Morgan fingerprint density at radius 1 is 1.03 bits per heavy atom. The molecule has 0 spiro atoms. The molecule has 7 heteroatoms. The Labute approximate surface area is 166 Å². The van der Waals surface area contributed by atoms with Gasteiger partial charge in [0.25, 0.3) is 5.91 Å². The highest BCUT2D eigenvalue weighted by Crippen LogP contribution is 2.37. The van der Waals surface area contributed by atoms with Crippen LogP contribution in [0, 0.1) is 5.82 Å². The summed E-state index contributed by atoms with van der Waals surface area (Å²) >= 11 is 0. The second-order valence-corrected chi connectivity index (χ2v) is 6.47. The number of nitrogens with zero attached hydrogens (tertiary/aromatic N) is 1. The molecule has 1 aliphatic rings. The van der Waals surface area contributed by atoms with Gasteiger partial charge in [-0.3, -0.25) is 9.69 Å². The summed E-state index contributed by atoms with van der Waals surface area (Å²) in [6, 6.07) is 19.6. The molecule has 0 fully saturated rings. The van der Waals surface area contributed by atoms with Crippen molar-refractivity contribution in [3.63, 3.8) is 0 Å². The van der Waals surface area contributed by atoms with E-state index in [9.17, 15) is 19.1 Å². The van der Waals surface area contributed by atoms with E-state index in [2.05, 4.69) is 5.32 Å². The number of para-hydroxylation sites is 1. The fourth-order valence-corrected chi connectivity index (χ4v) is 3.24. The summed E-state index contributed by atoms with van der Waals surface area (Å²) in [6.45, 7) is -0.547. The fourth-order valence-electron chi connectivity index (χ4n) is 3.24. The highest BCUT2D eigenvalue weighted by Gasteiger charge is 2.33. The van der Waals surface area contributed by atoms with E-state index < -0.39 is 24.6 Å². The first-order chi connectivity index (χ1) is 14.0. The molecular formula is C22H16FN2O4-. The van der Waals surface area contributed by atoms with Crippen LogP contribution in [0.5, 0.6) is 5.75 Å². The molecule has 3 aromatic carbocycles. The third-order valence-electron chi connectivity index (χ3n) is 4.58. The van der Waals surface area contributed by atoms with Crippen LogP contribution in [0.25, 0.3) is 0 Å². The van der Waals surface area contributed by atoms with E-state index >= 15 is 0 Å². The number of carboxylic acids is 1. The third kappa shape index (κ3) is 3.75. The number of carboxylic acid groups (broad SMARTS) is 1. The maximum absolute atomic E-state index is 13.4. The van der Waals surface area contributed by atoms with Gasteiger partial charge in [0, 0.05) is 11.4 Å². The smallest absolute Gasteiger partial charge is 0.262 e. The highest BCUT2D eigenvalue weighted by atomic mass is 19.1. The Hall–Kier alpha value is -3.87. The Kier molecular flexibility index (Phi) is 4.87. The summed E-state index contributed by atoms with van der Waals surface area (Å²) in [5, 5.41) is 13.9.